The third-order valence-electron chi connectivity index (χ3n) is 5.03. The van der Waals surface area contributed by atoms with Crippen molar-refractivity contribution < 1.29 is 19.1 Å². The number of carbonyl (C=O) groups excluding carboxylic acids is 2. The Hall–Kier alpha value is -2.81. The Kier molecular flexibility index (Phi) is 4.41. The van der Waals surface area contributed by atoms with E-state index >= 15 is 0 Å². The van der Waals surface area contributed by atoms with E-state index in [0.717, 1.165) is 10.9 Å². The van der Waals surface area contributed by atoms with Crippen molar-refractivity contribution in [3.63, 3.8) is 0 Å². The van der Waals surface area contributed by atoms with Crippen LogP contribution in [0.5, 0.6) is 5.88 Å². The number of nitrogens with zero attached hydrogens (tertiary/aromatic N) is 1. The largest absolute Gasteiger partial charge is 0.462 e. The van der Waals surface area contributed by atoms with E-state index in [0.29, 0.717) is 28.9 Å². The molecule has 3 heterocycles. The highest BCUT2D eigenvalue weighted by Crippen LogP contribution is 2.54. The summed E-state index contributed by atoms with van der Waals surface area (Å²) in [4.78, 5) is 26.5. The number of amides is 1. The molecule has 0 saturated heterocycles. The van der Waals surface area contributed by atoms with Crippen molar-refractivity contribution in [3.05, 3.63) is 50.9 Å². The van der Waals surface area contributed by atoms with Crippen molar-refractivity contribution in [1.29, 1.82) is 0 Å². The molecule has 0 unspecified atom stereocenters. The van der Waals surface area contributed by atoms with Gasteiger partial charge in [0.05, 0.1) is 12.2 Å². The average molecular weight is 447 g/mol. The van der Waals surface area contributed by atoms with Gasteiger partial charge in [-0.25, -0.2) is 4.79 Å². The topological polar surface area (TPSA) is 119 Å². The summed E-state index contributed by atoms with van der Waals surface area (Å²) in [5.74, 6) is -1.10. The zero-order valence-electron chi connectivity index (χ0n) is 15.4. The molecule has 4 rings (SSSR count). The van der Waals surface area contributed by atoms with Gasteiger partial charge in [-0.2, -0.15) is 0 Å². The zero-order chi connectivity index (χ0) is 20.1. The van der Waals surface area contributed by atoms with Crippen molar-refractivity contribution in [2.75, 3.05) is 11.9 Å². The Morgan fingerprint density at radius 3 is 2.96 bits per heavy atom. The molecule has 0 fully saturated rings. The fourth-order valence-corrected chi connectivity index (χ4v) is 4.15. The molecule has 1 aromatic carbocycles. The Labute approximate surface area is 169 Å². The standard InChI is InChI=1S/C19H19BrN4O4/c1-3-4-7-27-17(25)14-15(21)28-16-13(9(2)23-24-16)19(14)11-8-10(20)5-6-12(11)22-18(19)26/h5-6,8H,3-4,7,21H2,1-2H3,(H,22,26)(H,23,24)/t19-/m0/s1. The molecule has 4 N–H and O–H groups in total. The number of unbranched alkanes of at least 4 members (excludes halogenated alkanes) is 1. The number of carbonyl (C=O) groups is 2. The molecule has 0 saturated carbocycles. The molecule has 0 aliphatic carbocycles. The summed E-state index contributed by atoms with van der Waals surface area (Å²) in [6.45, 7) is 3.99. The molecule has 1 spiro atoms. The van der Waals surface area contributed by atoms with Crippen molar-refractivity contribution in [2.24, 2.45) is 5.73 Å². The van der Waals surface area contributed by atoms with Crippen LogP contribution in [0.25, 0.3) is 0 Å². The summed E-state index contributed by atoms with van der Waals surface area (Å²) in [6.07, 6.45) is 1.57. The highest BCUT2D eigenvalue weighted by atomic mass is 79.9. The van der Waals surface area contributed by atoms with Crippen LogP contribution in [0.2, 0.25) is 0 Å². The molecule has 28 heavy (non-hydrogen) atoms. The Morgan fingerprint density at radius 2 is 2.21 bits per heavy atom. The van der Waals surface area contributed by atoms with E-state index in [1.807, 2.05) is 13.0 Å². The number of rotatable bonds is 4. The van der Waals surface area contributed by atoms with Crippen LogP contribution in [0.3, 0.4) is 0 Å². The van der Waals surface area contributed by atoms with Crippen LogP contribution < -0.4 is 15.8 Å². The summed E-state index contributed by atoms with van der Waals surface area (Å²) >= 11 is 3.45. The Balaban J connectivity index is 1.99. The molecule has 0 bridgehead atoms. The molecule has 8 nitrogen and oxygen atoms in total. The quantitative estimate of drug-likeness (QED) is 0.490. The molecule has 2 aliphatic heterocycles. The number of nitrogens with two attached hydrogens (primary N) is 1. The number of esters is 1. The normalized spacial score (nSPS) is 19.9. The number of aromatic nitrogens is 2. The van der Waals surface area contributed by atoms with E-state index in [9.17, 15) is 9.59 Å². The molecule has 2 aliphatic rings. The van der Waals surface area contributed by atoms with E-state index in [1.54, 1.807) is 19.1 Å². The van der Waals surface area contributed by atoms with Crippen LogP contribution in [0.4, 0.5) is 5.69 Å². The predicted octanol–water partition coefficient (Wildman–Crippen LogP) is 2.62. The first-order valence-electron chi connectivity index (χ1n) is 8.93. The van der Waals surface area contributed by atoms with Crippen LogP contribution in [0, 0.1) is 6.92 Å². The van der Waals surface area contributed by atoms with Crippen molar-refractivity contribution in [1.82, 2.24) is 10.2 Å². The molecular formula is C19H19BrN4O4. The second kappa shape index (κ2) is 6.66. The van der Waals surface area contributed by atoms with Crippen LogP contribution >= 0.6 is 15.9 Å². The van der Waals surface area contributed by atoms with E-state index in [2.05, 4.69) is 31.4 Å². The first-order chi connectivity index (χ1) is 13.4. The number of fused-ring (bicyclic) bond motifs is 4. The van der Waals surface area contributed by atoms with Gasteiger partial charge < -0.3 is 20.5 Å². The number of anilines is 1. The molecule has 0 radical (unpaired) electrons. The fraction of sp³-hybridized carbons (Fsp3) is 0.316. The molecule has 1 atom stereocenters. The molecule has 2 aromatic rings. The Morgan fingerprint density at radius 1 is 1.43 bits per heavy atom. The summed E-state index contributed by atoms with van der Waals surface area (Å²) in [5.41, 5.74) is 6.83. The Bertz CT molecular complexity index is 1030. The summed E-state index contributed by atoms with van der Waals surface area (Å²) < 4.78 is 11.8. The van der Waals surface area contributed by atoms with E-state index in [4.69, 9.17) is 15.2 Å². The first kappa shape index (κ1) is 18.5. The lowest BCUT2D eigenvalue weighted by Crippen LogP contribution is -2.46. The first-order valence-corrected chi connectivity index (χ1v) is 9.72. The van der Waals surface area contributed by atoms with Gasteiger partial charge in [0.15, 0.2) is 0 Å². The number of aromatic amines is 1. The van der Waals surface area contributed by atoms with Crippen LogP contribution in [-0.2, 0) is 19.7 Å². The van der Waals surface area contributed by atoms with Gasteiger partial charge in [-0.15, -0.1) is 5.10 Å². The fourth-order valence-electron chi connectivity index (χ4n) is 3.79. The summed E-state index contributed by atoms with van der Waals surface area (Å²) in [7, 11) is 0. The maximum absolute atomic E-state index is 13.4. The maximum Gasteiger partial charge on any atom is 0.341 e. The third-order valence-corrected chi connectivity index (χ3v) is 5.52. The minimum Gasteiger partial charge on any atom is -0.462 e. The van der Waals surface area contributed by atoms with Gasteiger partial charge >= 0.3 is 5.97 Å². The van der Waals surface area contributed by atoms with Gasteiger partial charge in [-0.3, -0.25) is 9.89 Å². The number of halogens is 1. The van der Waals surface area contributed by atoms with Gasteiger partial charge in [-0.05, 0) is 31.5 Å². The number of H-pyrrole nitrogens is 1. The smallest absolute Gasteiger partial charge is 0.341 e. The van der Waals surface area contributed by atoms with E-state index in [1.165, 1.54) is 0 Å². The van der Waals surface area contributed by atoms with Crippen molar-refractivity contribution in [2.45, 2.75) is 32.1 Å². The summed E-state index contributed by atoms with van der Waals surface area (Å²) in [6, 6.07) is 5.38. The van der Waals surface area contributed by atoms with Crippen molar-refractivity contribution >= 4 is 33.5 Å². The molecule has 146 valence electrons. The average Bonchev–Trinajstić information content (AvgIpc) is 3.14. The number of hydrogen-bond acceptors (Lipinski definition) is 6. The highest BCUT2D eigenvalue weighted by Gasteiger charge is 2.60. The minimum atomic E-state index is -1.50. The molecular weight excluding hydrogens is 428 g/mol. The van der Waals surface area contributed by atoms with Gasteiger partial charge in [0.25, 0.3) is 0 Å². The van der Waals surface area contributed by atoms with E-state index in [-0.39, 0.29) is 23.9 Å². The lowest BCUT2D eigenvalue weighted by molar-refractivity contribution is -0.141. The highest BCUT2D eigenvalue weighted by molar-refractivity contribution is 9.10. The molecule has 1 amide bonds. The third kappa shape index (κ3) is 2.46. The molecule has 1 aromatic heterocycles. The monoisotopic (exact) mass is 446 g/mol. The number of benzene rings is 1. The molecule has 9 heteroatoms. The lowest BCUT2D eigenvalue weighted by Gasteiger charge is -2.33. The van der Waals surface area contributed by atoms with Gasteiger partial charge in [-0.1, -0.05) is 29.3 Å². The van der Waals surface area contributed by atoms with Gasteiger partial charge in [0.1, 0.15) is 11.0 Å². The van der Waals surface area contributed by atoms with Crippen molar-refractivity contribution in [3.8, 4) is 5.88 Å². The SMILES string of the molecule is CCCCOC(=O)C1=C(N)Oc2n[nH]c(C)c2[C@]12C(=O)Nc1ccc(Br)cc12. The van der Waals surface area contributed by atoms with Crippen LogP contribution in [0.15, 0.2) is 34.1 Å². The van der Waals surface area contributed by atoms with Gasteiger partial charge in [0.2, 0.25) is 17.7 Å². The summed E-state index contributed by atoms with van der Waals surface area (Å²) in [5, 5.41) is 9.81. The number of ether oxygens (including phenoxy) is 2. The van der Waals surface area contributed by atoms with Crippen LogP contribution in [0.1, 0.15) is 36.6 Å². The number of nitrogens with one attached hydrogen (secondary N) is 2. The zero-order valence-corrected chi connectivity index (χ0v) is 17.0. The minimum absolute atomic E-state index is 0.0325. The van der Waals surface area contributed by atoms with Gasteiger partial charge in [0, 0.05) is 21.4 Å². The predicted molar refractivity (Wildman–Crippen MR) is 105 cm³/mol. The number of hydrogen-bond donors (Lipinski definition) is 3. The van der Waals surface area contributed by atoms with Crippen LogP contribution in [-0.4, -0.2) is 28.7 Å². The lowest BCUT2D eigenvalue weighted by atomic mass is 9.68. The maximum atomic E-state index is 13.4. The number of aryl methyl sites for hydroxylation is 1. The second-order valence-electron chi connectivity index (χ2n) is 6.75. The second-order valence-corrected chi connectivity index (χ2v) is 7.67. The van der Waals surface area contributed by atoms with E-state index < -0.39 is 17.3 Å².